The lowest BCUT2D eigenvalue weighted by Gasteiger charge is -2.18. The van der Waals surface area contributed by atoms with Gasteiger partial charge in [0.25, 0.3) is 20.2 Å². The van der Waals surface area contributed by atoms with Crippen LogP contribution in [0.25, 0.3) is 0 Å². The number of azo groups is 2. The molecule has 2 aromatic carbocycles. The van der Waals surface area contributed by atoms with E-state index in [9.17, 15) is 38.2 Å². The van der Waals surface area contributed by atoms with E-state index < -0.39 is 44.8 Å². The molecule has 0 aliphatic heterocycles. The van der Waals surface area contributed by atoms with Crippen molar-refractivity contribution in [3.8, 4) is 0 Å². The predicted octanol–water partition coefficient (Wildman–Crippen LogP) is 4.70. The molecule has 0 radical (unpaired) electrons. The summed E-state index contributed by atoms with van der Waals surface area (Å²) in [6.45, 7) is 7.94. The minimum absolute atomic E-state index is 0.00688. The Morgan fingerprint density at radius 3 is 1.78 bits per heavy atom. The lowest BCUT2D eigenvalue weighted by atomic mass is 10.2. The van der Waals surface area contributed by atoms with Crippen LogP contribution in [-0.4, -0.2) is 79.4 Å². The van der Waals surface area contributed by atoms with Crippen LogP contribution < -0.4 is 16.0 Å². The standard InChI is InChI=1S/C27H32N8O10S4/c1-5-46(36,37)15-13-29-26-24(28-4)18(3)25(27(31-26)30-14-16-47(38,39)6-2)35-34-22-12-9-20(17-23(22)49(43,44)45)33-32-19-7-10-21(11-8-19)48(40,41)42/h5-12,17,28H,1-2,13-16H2,3-4H3,(H2,29,30,31)(H,40,41,42)(H,43,44,45). The zero-order valence-corrected chi connectivity index (χ0v) is 29.2. The highest BCUT2D eigenvalue weighted by Crippen LogP contribution is 2.39. The molecule has 264 valence electrons. The maximum Gasteiger partial charge on any atom is 0.296 e. The third-order valence-electron chi connectivity index (χ3n) is 6.43. The maximum atomic E-state index is 12.3. The topological polar surface area (TPSA) is 275 Å². The normalized spacial score (nSPS) is 12.7. The Balaban J connectivity index is 2.04. The first-order valence-electron chi connectivity index (χ1n) is 13.7. The number of pyridine rings is 1. The van der Waals surface area contributed by atoms with Gasteiger partial charge in [-0.05, 0) is 49.4 Å². The van der Waals surface area contributed by atoms with E-state index in [0.29, 0.717) is 11.3 Å². The molecule has 0 saturated heterocycles. The summed E-state index contributed by atoms with van der Waals surface area (Å²) in [4.78, 5) is 3.38. The van der Waals surface area contributed by atoms with E-state index in [1.165, 1.54) is 24.3 Å². The summed E-state index contributed by atoms with van der Waals surface area (Å²) < 4.78 is 114. The quantitative estimate of drug-likeness (QED) is 0.0923. The van der Waals surface area contributed by atoms with Crippen LogP contribution in [0.15, 0.2) is 96.7 Å². The lowest BCUT2D eigenvalue weighted by molar-refractivity contribution is 0.481. The molecular weight excluding hydrogens is 725 g/mol. The molecule has 1 heterocycles. The molecule has 0 bridgehead atoms. The van der Waals surface area contributed by atoms with Crippen LogP contribution in [-0.2, 0) is 39.9 Å². The Hall–Kier alpha value is -4.61. The molecule has 18 nitrogen and oxygen atoms in total. The van der Waals surface area contributed by atoms with Crippen LogP contribution in [0.2, 0.25) is 0 Å². The molecule has 0 aliphatic rings. The van der Waals surface area contributed by atoms with Crippen molar-refractivity contribution >= 4 is 80.0 Å². The van der Waals surface area contributed by atoms with Gasteiger partial charge in [-0.2, -0.15) is 27.1 Å². The molecule has 0 aliphatic carbocycles. The van der Waals surface area contributed by atoms with Crippen molar-refractivity contribution in [3.63, 3.8) is 0 Å². The van der Waals surface area contributed by atoms with Gasteiger partial charge in [0.05, 0.1) is 33.5 Å². The van der Waals surface area contributed by atoms with Gasteiger partial charge in [0.1, 0.15) is 16.3 Å². The van der Waals surface area contributed by atoms with Gasteiger partial charge in [0, 0.05) is 36.5 Å². The average Bonchev–Trinajstić information content (AvgIpc) is 3.03. The number of hydrogen-bond donors (Lipinski definition) is 5. The van der Waals surface area contributed by atoms with Crippen molar-refractivity contribution in [2.24, 2.45) is 20.5 Å². The first kappa shape index (κ1) is 38.8. The van der Waals surface area contributed by atoms with Gasteiger partial charge in [-0.25, -0.2) is 21.8 Å². The van der Waals surface area contributed by atoms with E-state index in [1.807, 2.05) is 0 Å². The fourth-order valence-electron chi connectivity index (χ4n) is 3.92. The summed E-state index contributed by atoms with van der Waals surface area (Å²) >= 11 is 0. The van der Waals surface area contributed by atoms with E-state index in [-0.39, 0.29) is 63.9 Å². The van der Waals surface area contributed by atoms with E-state index in [2.05, 4.69) is 54.5 Å². The molecule has 1 aromatic heterocycles. The minimum atomic E-state index is -4.90. The number of sulfone groups is 2. The van der Waals surface area contributed by atoms with Crippen LogP contribution in [0.4, 0.5) is 40.1 Å². The number of nitrogens with one attached hydrogen (secondary N) is 3. The fourth-order valence-corrected chi connectivity index (χ4v) is 6.15. The number of aromatic nitrogens is 1. The van der Waals surface area contributed by atoms with Crippen molar-refractivity contribution in [1.29, 1.82) is 0 Å². The molecule has 22 heteroatoms. The third-order valence-corrected chi connectivity index (χ3v) is 10.7. The SMILES string of the molecule is C=CS(=O)(=O)CCNc1nc(NCCS(=O)(=O)C=C)c(NC)c(C)c1N=Nc1ccc(N=Nc2ccc(S(=O)(=O)O)cc2)cc1S(=O)(=O)O. The molecule has 0 fully saturated rings. The molecular formula is C27H32N8O10S4. The van der Waals surface area contributed by atoms with Crippen molar-refractivity contribution in [1.82, 2.24) is 4.98 Å². The first-order valence-corrected chi connectivity index (χ1v) is 20.0. The number of rotatable bonds is 17. The highest BCUT2D eigenvalue weighted by Gasteiger charge is 2.20. The van der Waals surface area contributed by atoms with Gasteiger partial charge in [-0.3, -0.25) is 9.11 Å². The number of benzene rings is 2. The number of anilines is 3. The molecule has 0 saturated carbocycles. The molecule has 0 amide bonds. The molecule has 0 unspecified atom stereocenters. The Kier molecular flexibility index (Phi) is 12.5. The van der Waals surface area contributed by atoms with Crippen LogP contribution in [0, 0.1) is 6.92 Å². The molecule has 3 rings (SSSR count). The summed E-state index contributed by atoms with van der Waals surface area (Å²) in [6.07, 6.45) is 0. The first-order chi connectivity index (χ1) is 22.8. The molecule has 5 N–H and O–H groups in total. The largest absolute Gasteiger partial charge is 0.385 e. The van der Waals surface area contributed by atoms with Crippen molar-refractivity contribution in [2.45, 2.75) is 16.7 Å². The zero-order chi connectivity index (χ0) is 36.6. The zero-order valence-electron chi connectivity index (χ0n) is 26.0. The monoisotopic (exact) mass is 756 g/mol. The Bertz CT molecular complexity index is 2240. The van der Waals surface area contributed by atoms with Gasteiger partial charge in [-0.1, -0.05) is 13.2 Å². The Labute approximate surface area is 283 Å². The van der Waals surface area contributed by atoms with Crippen molar-refractivity contribution < 1.29 is 42.8 Å². The van der Waals surface area contributed by atoms with Crippen molar-refractivity contribution in [3.05, 3.63) is 72.0 Å². The Morgan fingerprint density at radius 1 is 0.735 bits per heavy atom. The van der Waals surface area contributed by atoms with Crippen LogP contribution >= 0.6 is 0 Å². The highest BCUT2D eigenvalue weighted by molar-refractivity contribution is 7.94. The summed E-state index contributed by atoms with van der Waals surface area (Å²) in [6, 6.07) is 8.13. The number of hydrogen-bond acceptors (Lipinski definition) is 16. The van der Waals surface area contributed by atoms with Crippen LogP contribution in [0.5, 0.6) is 0 Å². The molecule has 3 aromatic rings. The maximum absolute atomic E-state index is 12.3. The highest BCUT2D eigenvalue weighted by atomic mass is 32.2. The molecule has 49 heavy (non-hydrogen) atoms. The number of nitrogens with zero attached hydrogens (tertiary/aromatic N) is 5. The minimum Gasteiger partial charge on any atom is -0.385 e. The van der Waals surface area contributed by atoms with E-state index in [4.69, 9.17) is 4.55 Å². The second kappa shape index (κ2) is 15.7. The van der Waals surface area contributed by atoms with E-state index >= 15 is 0 Å². The van der Waals surface area contributed by atoms with Gasteiger partial charge in [0.2, 0.25) is 0 Å². The van der Waals surface area contributed by atoms with Gasteiger partial charge in [-0.15, -0.1) is 10.2 Å². The van der Waals surface area contributed by atoms with Crippen molar-refractivity contribution in [2.75, 3.05) is 47.6 Å². The molecule has 0 spiro atoms. The lowest BCUT2D eigenvalue weighted by Crippen LogP contribution is -2.18. The summed E-state index contributed by atoms with van der Waals surface area (Å²) in [7, 11) is -14.9. The average molecular weight is 757 g/mol. The fraction of sp³-hybridized carbons (Fsp3) is 0.222. The van der Waals surface area contributed by atoms with Gasteiger partial charge in [0.15, 0.2) is 31.3 Å². The predicted molar refractivity (Wildman–Crippen MR) is 184 cm³/mol. The summed E-state index contributed by atoms with van der Waals surface area (Å²) in [5.74, 6) is -0.466. The third kappa shape index (κ3) is 11.0. The van der Waals surface area contributed by atoms with E-state index in [1.54, 1.807) is 14.0 Å². The summed E-state index contributed by atoms with van der Waals surface area (Å²) in [5.41, 5.74) is 0.603. The van der Waals surface area contributed by atoms with Gasteiger partial charge < -0.3 is 16.0 Å². The summed E-state index contributed by atoms with van der Waals surface area (Å²) in [5, 5.41) is 26.3. The smallest absolute Gasteiger partial charge is 0.296 e. The van der Waals surface area contributed by atoms with Crippen LogP contribution in [0.3, 0.4) is 0 Å². The van der Waals surface area contributed by atoms with Crippen LogP contribution in [0.1, 0.15) is 5.56 Å². The van der Waals surface area contributed by atoms with Gasteiger partial charge >= 0.3 is 0 Å². The second-order valence-electron chi connectivity index (χ2n) is 9.82. The van der Waals surface area contributed by atoms with E-state index in [0.717, 1.165) is 29.0 Å². The second-order valence-corrected chi connectivity index (χ2v) is 16.8. The Morgan fingerprint density at radius 2 is 1.27 bits per heavy atom. The molecule has 0 atom stereocenters.